The average molecular weight is 471 g/mol. The first-order valence-electron chi connectivity index (χ1n) is 11.2. The monoisotopic (exact) mass is 470 g/mol. The van der Waals surface area contributed by atoms with Crippen molar-refractivity contribution in [1.29, 1.82) is 5.26 Å². The van der Waals surface area contributed by atoms with Crippen molar-refractivity contribution in [2.24, 2.45) is 0 Å². The van der Waals surface area contributed by atoms with Crippen molar-refractivity contribution in [1.82, 2.24) is 0 Å². The van der Waals surface area contributed by atoms with E-state index in [1.165, 1.54) is 0 Å². The van der Waals surface area contributed by atoms with E-state index >= 15 is 0 Å². The van der Waals surface area contributed by atoms with E-state index in [4.69, 9.17) is 18.9 Å². The van der Waals surface area contributed by atoms with Crippen LogP contribution in [0.4, 0.5) is 5.69 Å². The van der Waals surface area contributed by atoms with Gasteiger partial charge in [0.25, 0.3) is 5.91 Å². The van der Waals surface area contributed by atoms with E-state index in [0.717, 1.165) is 17.7 Å². The van der Waals surface area contributed by atoms with Gasteiger partial charge in [0.1, 0.15) is 24.9 Å². The lowest BCUT2D eigenvalue weighted by Gasteiger charge is -2.17. The van der Waals surface area contributed by atoms with Crippen LogP contribution < -0.4 is 23.8 Å². The summed E-state index contributed by atoms with van der Waals surface area (Å²) < 4.78 is 22.3. The Bertz CT molecular complexity index is 1280. The molecule has 178 valence electrons. The van der Waals surface area contributed by atoms with Gasteiger partial charge < -0.3 is 23.8 Å². The van der Waals surface area contributed by atoms with Crippen molar-refractivity contribution >= 4 is 17.7 Å². The maximum atomic E-state index is 13.1. The number of carbonyl (C=O) groups excluding carboxylic acids is 1. The molecule has 0 bridgehead atoms. The minimum atomic E-state index is -0.315. The van der Waals surface area contributed by atoms with Crippen LogP contribution in [0.15, 0.2) is 72.3 Å². The number of carbonyl (C=O) groups is 1. The highest BCUT2D eigenvalue weighted by Gasteiger charge is 2.26. The molecular formula is C28H26N2O5. The second-order valence-electron chi connectivity index (χ2n) is 7.76. The number of methoxy groups -OCH3 is 2. The third-order valence-corrected chi connectivity index (χ3v) is 5.65. The molecule has 1 heterocycles. The van der Waals surface area contributed by atoms with Crippen LogP contribution in [0.25, 0.3) is 6.08 Å². The van der Waals surface area contributed by atoms with Crippen LogP contribution in [0.2, 0.25) is 0 Å². The standard InChI is InChI=1S/C28H26N2O5/c1-32-24-9-5-6-10-25(24)34-15-16-35-26-12-11-20(18-27(26)33-2)17-22(19-29)28(31)30-14-13-21-7-3-4-8-23(21)30/h3-12,17-18H,13-16H2,1-2H3. The molecule has 1 amide bonds. The topological polar surface area (TPSA) is 81.0 Å². The molecule has 7 heteroatoms. The summed E-state index contributed by atoms with van der Waals surface area (Å²) in [6, 6.07) is 22.5. The van der Waals surface area contributed by atoms with Gasteiger partial charge in [-0.1, -0.05) is 36.4 Å². The highest BCUT2D eigenvalue weighted by atomic mass is 16.5. The Hall–Kier alpha value is -4.44. The second-order valence-corrected chi connectivity index (χ2v) is 7.76. The summed E-state index contributed by atoms with van der Waals surface area (Å²) in [5.41, 5.74) is 2.69. The van der Waals surface area contributed by atoms with Gasteiger partial charge in [-0.25, -0.2) is 0 Å². The minimum Gasteiger partial charge on any atom is -0.493 e. The Morgan fingerprint density at radius 1 is 0.914 bits per heavy atom. The zero-order chi connectivity index (χ0) is 24.6. The number of anilines is 1. The SMILES string of the molecule is COc1ccccc1OCCOc1ccc(C=C(C#N)C(=O)N2CCc3ccccc32)cc1OC. The average Bonchev–Trinajstić information content (AvgIpc) is 3.34. The van der Waals surface area contributed by atoms with Crippen LogP contribution in [0.3, 0.4) is 0 Å². The maximum Gasteiger partial charge on any atom is 0.268 e. The third-order valence-electron chi connectivity index (χ3n) is 5.65. The molecule has 0 saturated carbocycles. The first-order valence-corrected chi connectivity index (χ1v) is 11.2. The smallest absolute Gasteiger partial charge is 0.268 e. The number of fused-ring (bicyclic) bond motifs is 1. The first kappa shape index (κ1) is 23.7. The molecule has 0 spiro atoms. The lowest BCUT2D eigenvalue weighted by atomic mass is 10.1. The number of nitrogens with zero attached hydrogens (tertiary/aromatic N) is 2. The highest BCUT2D eigenvalue weighted by Crippen LogP contribution is 2.31. The fraction of sp³-hybridized carbons (Fsp3) is 0.214. The van der Waals surface area contributed by atoms with Crippen molar-refractivity contribution in [2.45, 2.75) is 6.42 Å². The van der Waals surface area contributed by atoms with E-state index in [1.54, 1.807) is 43.4 Å². The number of para-hydroxylation sites is 3. The Kier molecular flexibility index (Phi) is 7.53. The number of ether oxygens (including phenoxy) is 4. The van der Waals surface area contributed by atoms with Crippen LogP contribution >= 0.6 is 0 Å². The third kappa shape index (κ3) is 5.39. The molecule has 4 rings (SSSR count). The van der Waals surface area contributed by atoms with Crippen LogP contribution in [0.5, 0.6) is 23.0 Å². The number of nitriles is 1. The zero-order valence-electron chi connectivity index (χ0n) is 19.7. The molecule has 7 nitrogen and oxygen atoms in total. The van der Waals surface area contributed by atoms with Crippen LogP contribution in [-0.4, -0.2) is 39.9 Å². The molecule has 0 unspecified atom stereocenters. The Balaban J connectivity index is 1.42. The summed E-state index contributed by atoms with van der Waals surface area (Å²) in [5, 5.41) is 9.68. The zero-order valence-corrected chi connectivity index (χ0v) is 19.7. The van der Waals surface area contributed by atoms with E-state index in [9.17, 15) is 10.1 Å². The summed E-state index contributed by atoms with van der Waals surface area (Å²) in [5.74, 6) is 2.01. The molecule has 0 saturated heterocycles. The molecule has 0 radical (unpaired) electrons. The largest absolute Gasteiger partial charge is 0.493 e. The van der Waals surface area contributed by atoms with Gasteiger partial charge in [-0.15, -0.1) is 0 Å². The fourth-order valence-corrected chi connectivity index (χ4v) is 3.94. The van der Waals surface area contributed by atoms with Crippen molar-refractivity contribution in [3.8, 4) is 29.1 Å². The van der Waals surface area contributed by atoms with Gasteiger partial charge >= 0.3 is 0 Å². The van der Waals surface area contributed by atoms with E-state index < -0.39 is 0 Å². The van der Waals surface area contributed by atoms with Crippen LogP contribution in [-0.2, 0) is 11.2 Å². The summed E-state index contributed by atoms with van der Waals surface area (Å²) in [4.78, 5) is 14.7. The van der Waals surface area contributed by atoms with E-state index in [0.29, 0.717) is 48.3 Å². The molecule has 0 atom stereocenters. The van der Waals surface area contributed by atoms with E-state index in [1.807, 2.05) is 54.6 Å². The molecule has 1 aliphatic heterocycles. The van der Waals surface area contributed by atoms with Crippen molar-refractivity contribution < 1.29 is 23.7 Å². The molecule has 0 aromatic heterocycles. The number of benzene rings is 3. The van der Waals surface area contributed by atoms with Crippen LogP contribution in [0.1, 0.15) is 11.1 Å². The van der Waals surface area contributed by atoms with Gasteiger partial charge in [0.15, 0.2) is 23.0 Å². The quantitative estimate of drug-likeness (QED) is 0.257. The van der Waals surface area contributed by atoms with Gasteiger partial charge in [-0.2, -0.15) is 5.26 Å². The van der Waals surface area contributed by atoms with E-state index in [-0.39, 0.29) is 11.5 Å². The van der Waals surface area contributed by atoms with E-state index in [2.05, 4.69) is 0 Å². The fourth-order valence-electron chi connectivity index (χ4n) is 3.94. The van der Waals surface area contributed by atoms with Gasteiger partial charge in [0, 0.05) is 12.2 Å². The van der Waals surface area contributed by atoms with Gasteiger partial charge in [-0.3, -0.25) is 4.79 Å². The number of hydrogen-bond donors (Lipinski definition) is 0. The predicted molar refractivity (Wildman–Crippen MR) is 133 cm³/mol. The minimum absolute atomic E-state index is 0.0580. The second kappa shape index (κ2) is 11.1. The Morgan fingerprint density at radius 3 is 2.29 bits per heavy atom. The summed E-state index contributed by atoms with van der Waals surface area (Å²) in [7, 11) is 3.13. The normalized spacial score (nSPS) is 12.5. The number of hydrogen-bond acceptors (Lipinski definition) is 6. The molecule has 3 aromatic rings. The van der Waals surface area contributed by atoms with Crippen molar-refractivity contribution in [2.75, 3.05) is 38.9 Å². The summed E-state index contributed by atoms with van der Waals surface area (Å²) in [6.45, 7) is 1.17. The van der Waals surface area contributed by atoms with Gasteiger partial charge in [-0.05, 0) is 54.0 Å². The van der Waals surface area contributed by atoms with Gasteiger partial charge in [0.2, 0.25) is 0 Å². The predicted octanol–water partition coefficient (Wildman–Crippen LogP) is 4.66. The number of rotatable bonds is 9. The molecule has 0 N–H and O–H groups in total. The summed E-state index contributed by atoms with van der Waals surface area (Å²) in [6.07, 6.45) is 2.35. The molecule has 35 heavy (non-hydrogen) atoms. The van der Waals surface area contributed by atoms with Crippen molar-refractivity contribution in [3.63, 3.8) is 0 Å². The number of amides is 1. The lowest BCUT2D eigenvalue weighted by molar-refractivity contribution is -0.114. The van der Waals surface area contributed by atoms with Gasteiger partial charge in [0.05, 0.1) is 14.2 Å². The molecule has 1 aliphatic rings. The maximum absolute atomic E-state index is 13.1. The molecule has 0 fully saturated rings. The highest BCUT2D eigenvalue weighted by molar-refractivity contribution is 6.12. The Morgan fingerprint density at radius 2 is 1.57 bits per heavy atom. The molecule has 0 aliphatic carbocycles. The summed E-state index contributed by atoms with van der Waals surface area (Å²) >= 11 is 0. The first-order chi connectivity index (χ1) is 17.1. The van der Waals surface area contributed by atoms with Crippen molar-refractivity contribution in [3.05, 3.63) is 83.4 Å². The Labute approximate surface area is 204 Å². The lowest BCUT2D eigenvalue weighted by Crippen LogP contribution is -2.29. The molecule has 3 aromatic carbocycles. The molecular weight excluding hydrogens is 444 g/mol. The van der Waals surface area contributed by atoms with Crippen LogP contribution in [0, 0.1) is 11.3 Å².